The highest BCUT2D eigenvalue weighted by Crippen LogP contribution is 2.27. The highest BCUT2D eigenvalue weighted by molar-refractivity contribution is 7.92. The average molecular weight is 434 g/mol. The van der Waals surface area contributed by atoms with Gasteiger partial charge in [0.05, 0.1) is 22.9 Å². The number of aryl methyl sites for hydroxylation is 2. The minimum atomic E-state index is -3.88. The van der Waals surface area contributed by atoms with Crippen LogP contribution < -0.4 is 9.62 Å². The number of anilines is 1. The molecule has 1 amide bonds. The number of benzene rings is 2. The molecule has 30 heavy (non-hydrogen) atoms. The minimum Gasteiger partial charge on any atom is -0.348 e. The van der Waals surface area contributed by atoms with Crippen molar-refractivity contribution in [1.82, 2.24) is 5.32 Å². The van der Waals surface area contributed by atoms with Crippen molar-refractivity contribution in [2.24, 2.45) is 0 Å². The number of hydrogen-bond donors (Lipinski definition) is 1. The first-order chi connectivity index (χ1) is 14.0. The van der Waals surface area contributed by atoms with Crippen LogP contribution in [0.15, 0.2) is 42.5 Å². The first kappa shape index (κ1) is 23.3. The summed E-state index contributed by atoms with van der Waals surface area (Å²) in [7, 11) is -3.88. The Hall–Kier alpha value is -2.94. The quantitative estimate of drug-likeness (QED) is 0.505. The molecular weight excluding hydrogens is 406 g/mol. The van der Waals surface area contributed by atoms with Crippen molar-refractivity contribution >= 4 is 27.3 Å². The van der Waals surface area contributed by atoms with Gasteiger partial charge in [-0.2, -0.15) is 0 Å². The number of hydrogen-bond acceptors (Lipinski definition) is 5. The number of nitro groups is 1. The van der Waals surface area contributed by atoms with Crippen LogP contribution in [0.5, 0.6) is 0 Å². The van der Waals surface area contributed by atoms with Gasteiger partial charge in [-0.25, -0.2) is 8.42 Å². The monoisotopic (exact) mass is 433 g/mol. The second-order valence-corrected chi connectivity index (χ2v) is 9.19. The summed E-state index contributed by atoms with van der Waals surface area (Å²) in [5.74, 6) is -0.472. The second kappa shape index (κ2) is 9.25. The fraction of sp³-hybridized carbons (Fsp3) is 0.381. The number of amides is 1. The number of nitrogens with zero attached hydrogens (tertiary/aromatic N) is 2. The van der Waals surface area contributed by atoms with E-state index in [0.29, 0.717) is 0 Å². The third-order valence-electron chi connectivity index (χ3n) is 5.01. The van der Waals surface area contributed by atoms with Crippen LogP contribution in [-0.4, -0.2) is 31.5 Å². The molecule has 0 fully saturated rings. The molecule has 162 valence electrons. The molecule has 0 aliphatic rings. The van der Waals surface area contributed by atoms with Crippen LogP contribution in [0, 0.1) is 24.0 Å². The number of non-ortho nitro benzene ring substituents is 1. The van der Waals surface area contributed by atoms with Gasteiger partial charge in [-0.1, -0.05) is 31.2 Å². The Balaban J connectivity index is 2.37. The Morgan fingerprint density at radius 1 is 1.17 bits per heavy atom. The van der Waals surface area contributed by atoms with E-state index in [0.717, 1.165) is 33.3 Å². The van der Waals surface area contributed by atoms with Gasteiger partial charge in [-0.3, -0.25) is 19.2 Å². The van der Waals surface area contributed by atoms with Crippen molar-refractivity contribution in [2.75, 3.05) is 10.6 Å². The van der Waals surface area contributed by atoms with Crippen LogP contribution in [0.4, 0.5) is 11.4 Å². The van der Waals surface area contributed by atoms with Crippen LogP contribution >= 0.6 is 0 Å². The largest absolute Gasteiger partial charge is 0.348 e. The van der Waals surface area contributed by atoms with Crippen LogP contribution in [0.2, 0.25) is 0 Å². The molecule has 2 aromatic carbocycles. The predicted octanol–water partition coefficient (Wildman–Crippen LogP) is 3.63. The summed E-state index contributed by atoms with van der Waals surface area (Å²) in [5, 5.41) is 14.0. The van der Waals surface area contributed by atoms with Crippen LogP contribution in [0.1, 0.15) is 43.0 Å². The number of rotatable bonds is 8. The van der Waals surface area contributed by atoms with Crippen LogP contribution in [-0.2, 0) is 14.8 Å². The summed E-state index contributed by atoms with van der Waals surface area (Å²) in [6.07, 6.45) is 1.18. The molecule has 2 aromatic rings. The minimum absolute atomic E-state index is 0.0764. The van der Waals surface area contributed by atoms with Crippen LogP contribution in [0.25, 0.3) is 0 Å². The SMILES string of the molecule is CCC(C(=O)NC(C)c1ccc(C)c(C)c1)N(c1cccc([N+](=O)[O-])c1)S(C)(=O)=O. The van der Waals surface area contributed by atoms with Gasteiger partial charge < -0.3 is 5.32 Å². The van der Waals surface area contributed by atoms with E-state index in [2.05, 4.69) is 5.32 Å². The van der Waals surface area contributed by atoms with Gasteiger partial charge in [0.25, 0.3) is 5.69 Å². The number of nitro benzene ring substituents is 1. The first-order valence-corrected chi connectivity index (χ1v) is 11.4. The lowest BCUT2D eigenvalue weighted by Crippen LogP contribution is -2.49. The summed E-state index contributed by atoms with van der Waals surface area (Å²) >= 11 is 0. The van der Waals surface area contributed by atoms with E-state index < -0.39 is 26.9 Å². The number of carbonyl (C=O) groups excluding carboxylic acids is 1. The smallest absolute Gasteiger partial charge is 0.271 e. The van der Waals surface area contributed by atoms with Gasteiger partial charge in [0, 0.05) is 12.1 Å². The topological polar surface area (TPSA) is 110 Å². The Bertz CT molecular complexity index is 1050. The summed E-state index contributed by atoms with van der Waals surface area (Å²) < 4.78 is 26.0. The lowest BCUT2D eigenvalue weighted by atomic mass is 10.0. The van der Waals surface area contributed by atoms with Gasteiger partial charge in [0.2, 0.25) is 15.9 Å². The number of nitrogens with one attached hydrogen (secondary N) is 1. The van der Waals surface area contributed by atoms with Crippen molar-refractivity contribution in [3.8, 4) is 0 Å². The highest BCUT2D eigenvalue weighted by atomic mass is 32.2. The van der Waals surface area contributed by atoms with E-state index in [4.69, 9.17) is 0 Å². The fourth-order valence-electron chi connectivity index (χ4n) is 3.23. The van der Waals surface area contributed by atoms with Gasteiger partial charge in [-0.05, 0) is 49.9 Å². The molecule has 0 radical (unpaired) electrons. The van der Waals surface area contributed by atoms with E-state index in [1.54, 1.807) is 6.92 Å². The lowest BCUT2D eigenvalue weighted by Gasteiger charge is -2.31. The molecule has 0 aliphatic heterocycles. The zero-order chi connectivity index (χ0) is 22.6. The first-order valence-electron chi connectivity index (χ1n) is 9.57. The molecule has 2 atom stereocenters. The summed E-state index contributed by atoms with van der Waals surface area (Å²) in [4.78, 5) is 23.5. The third kappa shape index (κ3) is 5.35. The van der Waals surface area contributed by atoms with Gasteiger partial charge in [0.1, 0.15) is 6.04 Å². The Morgan fingerprint density at radius 3 is 2.37 bits per heavy atom. The van der Waals surface area contributed by atoms with E-state index in [9.17, 15) is 23.3 Å². The zero-order valence-electron chi connectivity index (χ0n) is 17.7. The average Bonchev–Trinajstić information content (AvgIpc) is 2.66. The molecule has 0 aliphatic carbocycles. The van der Waals surface area contributed by atoms with Crippen molar-refractivity contribution < 1.29 is 18.1 Å². The molecule has 0 aromatic heterocycles. The fourth-order valence-corrected chi connectivity index (χ4v) is 4.43. The zero-order valence-corrected chi connectivity index (χ0v) is 18.6. The van der Waals surface area contributed by atoms with Gasteiger partial charge >= 0.3 is 0 Å². The Morgan fingerprint density at radius 2 is 1.83 bits per heavy atom. The van der Waals surface area contributed by atoms with Crippen molar-refractivity contribution in [2.45, 2.75) is 46.2 Å². The highest BCUT2D eigenvalue weighted by Gasteiger charge is 2.33. The Kier molecular flexibility index (Phi) is 7.20. The van der Waals surface area contributed by atoms with Crippen molar-refractivity contribution in [3.05, 3.63) is 69.3 Å². The van der Waals surface area contributed by atoms with E-state index in [1.807, 2.05) is 39.0 Å². The molecular formula is C21H27N3O5S. The van der Waals surface area contributed by atoms with Gasteiger partial charge in [0.15, 0.2) is 0 Å². The molecule has 0 saturated heterocycles. The maximum atomic E-state index is 13.0. The number of sulfonamides is 1. The predicted molar refractivity (Wildman–Crippen MR) is 117 cm³/mol. The molecule has 2 rings (SSSR count). The third-order valence-corrected chi connectivity index (χ3v) is 6.19. The van der Waals surface area contributed by atoms with E-state index >= 15 is 0 Å². The Labute approximate surface area is 177 Å². The molecule has 8 nitrogen and oxygen atoms in total. The van der Waals surface area contributed by atoms with E-state index in [1.165, 1.54) is 18.2 Å². The molecule has 0 heterocycles. The standard InChI is InChI=1S/C21H27N3O5S/c1-6-20(21(25)22-16(4)17-11-10-14(2)15(3)12-17)23(30(5,28)29)18-8-7-9-19(13-18)24(26)27/h7-13,16,20H,6H2,1-5H3,(H,22,25). The summed E-state index contributed by atoms with van der Waals surface area (Å²) in [6.45, 7) is 7.50. The molecule has 1 N–H and O–H groups in total. The number of carbonyl (C=O) groups is 1. The molecule has 9 heteroatoms. The lowest BCUT2D eigenvalue weighted by molar-refractivity contribution is -0.384. The molecule has 0 bridgehead atoms. The normalized spacial score (nSPS) is 13.4. The van der Waals surface area contributed by atoms with Crippen molar-refractivity contribution in [1.29, 1.82) is 0 Å². The van der Waals surface area contributed by atoms with Crippen molar-refractivity contribution in [3.63, 3.8) is 0 Å². The van der Waals surface area contributed by atoms with Gasteiger partial charge in [-0.15, -0.1) is 0 Å². The molecule has 2 unspecified atom stereocenters. The maximum Gasteiger partial charge on any atom is 0.271 e. The second-order valence-electron chi connectivity index (χ2n) is 7.33. The molecule has 0 spiro atoms. The van der Waals surface area contributed by atoms with Crippen LogP contribution in [0.3, 0.4) is 0 Å². The summed E-state index contributed by atoms with van der Waals surface area (Å²) in [6, 6.07) is 9.75. The maximum absolute atomic E-state index is 13.0. The summed E-state index contributed by atoms with van der Waals surface area (Å²) in [5.41, 5.74) is 2.96. The van der Waals surface area contributed by atoms with E-state index in [-0.39, 0.29) is 23.8 Å². The molecule has 0 saturated carbocycles.